The van der Waals surface area contributed by atoms with Crippen LogP contribution in [0.25, 0.3) is 0 Å². The van der Waals surface area contributed by atoms with Crippen molar-refractivity contribution in [2.45, 2.75) is 18.8 Å². The number of nitro benzene ring substituents is 1. The van der Waals surface area contributed by atoms with Gasteiger partial charge in [-0.05, 0) is 17.5 Å². The molecule has 0 saturated carbocycles. The van der Waals surface area contributed by atoms with Crippen molar-refractivity contribution in [3.05, 3.63) is 75.8 Å². The molecule has 4 heteroatoms. The number of hydrogen-bond acceptors (Lipinski definition) is 3. The van der Waals surface area contributed by atoms with E-state index in [1.807, 2.05) is 43.3 Å². The summed E-state index contributed by atoms with van der Waals surface area (Å²) in [5.41, 5.74) is 7.81. The van der Waals surface area contributed by atoms with Crippen LogP contribution in [0, 0.1) is 10.1 Å². The minimum absolute atomic E-state index is 0.107. The van der Waals surface area contributed by atoms with Crippen LogP contribution in [-0.4, -0.2) is 11.5 Å². The van der Waals surface area contributed by atoms with Crippen LogP contribution in [0.1, 0.15) is 18.1 Å². The fraction of sp³-hybridized carbons (Fsp3) is 0.250. The highest BCUT2D eigenvalue weighted by molar-refractivity contribution is 5.39. The first-order valence-corrected chi connectivity index (χ1v) is 6.54. The van der Waals surface area contributed by atoms with Gasteiger partial charge < -0.3 is 5.73 Å². The highest BCUT2D eigenvalue weighted by atomic mass is 16.6. The molecule has 0 aliphatic carbocycles. The van der Waals surface area contributed by atoms with Crippen molar-refractivity contribution in [2.75, 3.05) is 6.54 Å². The van der Waals surface area contributed by atoms with E-state index in [-0.39, 0.29) is 16.0 Å². The van der Waals surface area contributed by atoms with Gasteiger partial charge >= 0.3 is 0 Å². The van der Waals surface area contributed by atoms with Gasteiger partial charge in [0, 0.05) is 24.1 Å². The summed E-state index contributed by atoms with van der Waals surface area (Å²) in [5, 5.41) is 10.9. The number of nitrogens with two attached hydrogens (primary N) is 1. The molecule has 4 nitrogen and oxygen atoms in total. The molecule has 0 aliphatic heterocycles. The first-order valence-electron chi connectivity index (χ1n) is 6.54. The Bertz CT molecular complexity index is 598. The van der Waals surface area contributed by atoms with Gasteiger partial charge in [-0.1, -0.05) is 49.4 Å². The minimum atomic E-state index is -0.372. The number of hydrogen-bond donors (Lipinski definition) is 1. The predicted octanol–water partition coefficient (Wildman–Crippen LogP) is 3.05. The first-order chi connectivity index (χ1) is 9.55. The molecule has 0 fully saturated rings. The van der Waals surface area contributed by atoms with Gasteiger partial charge in [-0.15, -0.1) is 0 Å². The molecule has 0 aromatic heterocycles. The Morgan fingerprint density at radius 3 is 2.45 bits per heavy atom. The van der Waals surface area contributed by atoms with E-state index in [0.717, 1.165) is 12.0 Å². The zero-order valence-corrected chi connectivity index (χ0v) is 11.5. The minimum Gasteiger partial charge on any atom is -0.330 e. The Labute approximate surface area is 118 Å². The summed E-state index contributed by atoms with van der Waals surface area (Å²) in [6, 6.07) is 16.8. The molecule has 2 N–H and O–H groups in total. The molecule has 0 aliphatic rings. The Hall–Kier alpha value is -2.20. The van der Waals surface area contributed by atoms with Crippen molar-refractivity contribution in [1.29, 1.82) is 0 Å². The smallest absolute Gasteiger partial charge is 0.269 e. The van der Waals surface area contributed by atoms with Crippen molar-refractivity contribution in [2.24, 2.45) is 5.73 Å². The van der Waals surface area contributed by atoms with Crippen LogP contribution >= 0.6 is 0 Å². The fourth-order valence-electron chi connectivity index (χ4n) is 2.33. The Morgan fingerprint density at radius 2 is 1.85 bits per heavy atom. The van der Waals surface area contributed by atoms with E-state index in [4.69, 9.17) is 5.73 Å². The second kappa shape index (κ2) is 5.84. The molecule has 20 heavy (non-hydrogen) atoms. The third-order valence-electron chi connectivity index (χ3n) is 3.64. The maximum Gasteiger partial charge on any atom is 0.269 e. The zero-order valence-electron chi connectivity index (χ0n) is 11.5. The third kappa shape index (κ3) is 3.03. The second-order valence-electron chi connectivity index (χ2n) is 5.23. The van der Waals surface area contributed by atoms with Gasteiger partial charge in [0.05, 0.1) is 4.92 Å². The molecule has 0 heterocycles. The standard InChI is InChI=1S/C16H18N2O2/c1-16(12-17,11-13-6-3-2-4-7-13)14-8-5-9-15(10-14)18(19)20/h2-10H,11-12,17H2,1H3. The lowest BCUT2D eigenvalue weighted by atomic mass is 9.77. The number of rotatable bonds is 5. The molecule has 2 aromatic rings. The SMILES string of the molecule is CC(CN)(Cc1ccccc1)c1cccc([N+](=O)[O-])c1. The molecule has 0 saturated heterocycles. The van der Waals surface area contributed by atoms with E-state index >= 15 is 0 Å². The molecule has 0 amide bonds. The monoisotopic (exact) mass is 270 g/mol. The molecule has 1 unspecified atom stereocenters. The van der Waals surface area contributed by atoms with Crippen molar-refractivity contribution in [1.82, 2.24) is 0 Å². The highest BCUT2D eigenvalue weighted by Gasteiger charge is 2.26. The predicted molar refractivity (Wildman–Crippen MR) is 79.6 cm³/mol. The van der Waals surface area contributed by atoms with Gasteiger partial charge in [-0.25, -0.2) is 0 Å². The number of nitrogens with zero attached hydrogens (tertiary/aromatic N) is 1. The average molecular weight is 270 g/mol. The van der Waals surface area contributed by atoms with Gasteiger partial charge in [0.15, 0.2) is 0 Å². The van der Waals surface area contributed by atoms with Crippen LogP contribution in [0.5, 0.6) is 0 Å². The van der Waals surface area contributed by atoms with Gasteiger partial charge in [0.2, 0.25) is 0 Å². The van der Waals surface area contributed by atoms with Crippen molar-refractivity contribution in [3.63, 3.8) is 0 Å². The van der Waals surface area contributed by atoms with Gasteiger partial charge in [0.1, 0.15) is 0 Å². The zero-order chi connectivity index (χ0) is 14.6. The van der Waals surface area contributed by atoms with Crippen LogP contribution < -0.4 is 5.73 Å². The first kappa shape index (κ1) is 14.2. The Kier molecular flexibility index (Phi) is 4.15. The molecule has 2 rings (SSSR count). The molecule has 2 aromatic carbocycles. The van der Waals surface area contributed by atoms with Crippen molar-refractivity contribution >= 4 is 5.69 Å². The topological polar surface area (TPSA) is 69.2 Å². The lowest BCUT2D eigenvalue weighted by Crippen LogP contribution is -2.34. The van der Waals surface area contributed by atoms with E-state index in [1.54, 1.807) is 12.1 Å². The summed E-state index contributed by atoms with van der Waals surface area (Å²) in [4.78, 5) is 10.5. The maximum absolute atomic E-state index is 10.9. The van der Waals surface area contributed by atoms with E-state index in [9.17, 15) is 10.1 Å². The van der Waals surface area contributed by atoms with Crippen molar-refractivity contribution < 1.29 is 4.92 Å². The number of nitro groups is 1. The van der Waals surface area contributed by atoms with Crippen LogP contribution in [-0.2, 0) is 11.8 Å². The molecule has 1 atom stereocenters. The fourth-order valence-corrected chi connectivity index (χ4v) is 2.33. The van der Waals surface area contributed by atoms with E-state index in [0.29, 0.717) is 6.54 Å². The molecule has 0 radical (unpaired) electrons. The summed E-state index contributed by atoms with van der Waals surface area (Å²) in [6.45, 7) is 2.47. The summed E-state index contributed by atoms with van der Waals surface area (Å²) >= 11 is 0. The second-order valence-corrected chi connectivity index (χ2v) is 5.23. The molecular formula is C16H18N2O2. The maximum atomic E-state index is 10.9. The molecular weight excluding hydrogens is 252 g/mol. The lowest BCUT2D eigenvalue weighted by Gasteiger charge is -2.28. The molecule has 0 bridgehead atoms. The largest absolute Gasteiger partial charge is 0.330 e. The van der Waals surface area contributed by atoms with E-state index < -0.39 is 0 Å². The van der Waals surface area contributed by atoms with Crippen LogP contribution in [0.2, 0.25) is 0 Å². The summed E-state index contributed by atoms with van der Waals surface area (Å²) < 4.78 is 0. The van der Waals surface area contributed by atoms with Crippen LogP contribution in [0.15, 0.2) is 54.6 Å². The molecule has 0 spiro atoms. The van der Waals surface area contributed by atoms with Crippen LogP contribution in [0.4, 0.5) is 5.69 Å². The average Bonchev–Trinajstić information content (AvgIpc) is 2.48. The molecule has 104 valence electrons. The van der Waals surface area contributed by atoms with Gasteiger partial charge in [0.25, 0.3) is 5.69 Å². The van der Waals surface area contributed by atoms with Gasteiger partial charge in [-0.3, -0.25) is 10.1 Å². The Morgan fingerprint density at radius 1 is 1.15 bits per heavy atom. The quantitative estimate of drug-likeness (QED) is 0.670. The Balaban J connectivity index is 2.35. The van der Waals surface area contributed by atoms with Crippen molar-refractivity contribution in [3.8, 4) is 0 Å². The number of non-ortho nitro benzene ring substituents is 1. The van der Waals surface area contributed by atoms with Gasteiger partial charge in [-0.2, -0.15) is 0 Å². The summed E-state index contributed by atoms with van der Waals surface area (Å²) in [6.07, 6.45) is 0.755. The normalized spacial score (nSPS) is 13.7. The highest BCUT2D eigenvalue weighted by Crippen LogP contribution is 2.29. The van der Waals surface area contributed by atoms with E-state index in [2.05, 4.69) is 0 Å². The third-order valence-corrected chi connectivity index (χ3v) is 3.64. The van der Waals surface area contributed by atoms with E-state index in [1.165, 1.54) is 11.6 Å². The summed E-state index contributed by atoms with van der Waals surface area (Å²) in [7, 11) is 0. The number of benzene rings is 2. The summed E-state index contributed by atoms with van der Waals surface area (Å²) in [5.74, 6) is 0. The lowest BCUT2D eigenvalue weighted by molar-refractivity contribution is -0.385. The van der Waals surface area contributed by atoms with Crippen LogP contribution in [0.3, 0.4) is 0 Å².